The van der Waals surface area contributed by atoms with E-state index in [4.69, 9.17) is 4.42 Å². The molecule has 0 aliphatic heterocycles. The number of aryl methyl sites for hydroxylation is 1. The molecule has 0 aliphatic rings. The first-order valence-corrected chi connectivity index (χ1v) is 6.23. The first-order chi connectivity index (χ1) is 8.61. The molecule has 0 fully saturated rings. The van der Waals surface area contributed by atoms with E-state index >= 15 is 0 Å². The van der Waals surface area contributed by atoms with Gasteiger partial charge in [-0.3, -0.25) is 4.79 Å². The molecule has 3 heteroatoms. The van der Waals surface area contributed by atoms with Gasteiger partial charge in [-0.2, -0.15) is 0 Å². The van der Waals surface area contributed by atoms with Crippen molar-refractivity contribution in [3.05, 3.63) is 39.3 Å². The van der Waals surface area contributed by atoms with Crippen LogP contribution in [0.25, 0.3) is 12.2 Å². The summed E-state index contributed by atoms with van der Waals surface area (Å²) in [5.74, 6) is -0.118. The van der Waals surface area contributed by atoms with Gasteiger partial charge in [0.05, 0.1) is 5.22 Å². The van der Waals surface area contributed by atoms with Crippen LogP contribution in [0.3, 0.4) is 0 Å². The van der Waals surface area contributed by atoms with Gasteiger partial charge in [-0.25, -0.2) is 0 Å². The topological polar surface area (TPSA) is 50.4 Å². The smallest absolute Gasteiger partial charge is 0.234 e. The van der Waals surface area contributed by atoms with Gasteiger partial charge >= 0.3 is 0 Å². The molecular weight excluding hydrogens is 228 g/mol. The van der Waals surface area contributed by atoms with Crippen LogP contribution in [0.15, 0.2) is 21.9 Å². The molecule has 0 aliphatic carbocycles. The molecule has 0 spiro atoms. The van der Waals surface area contributed by atoms with Crippen LogP contribution >= 0.6 is 0 Å². The van der Waals surface area contributed by atoms with Gasteiger partial charge in [0.2, 0.25) is 11.2 Å². The Kier molecular flexibility index (Phi) is 10.7. The highest BCUT2D eigenvalue weighted by molar-refractivity contribution is 5.38. The van der Waals surface area contributed by atoms with Crippen LogP contribution in [0, 0.1) is 6.92 Å². The molecule has 0 unspecified atom stereocenters. The average molecular weight is 252 g/mol. The largest absolute Gasteiger partial charge is 0.502 e. The summed E-state index contributed by atoms with van der Waals surface area (Å²) >= 11 is 0. The summed E-state index contributed by atoms with van der Waals surface area (Å²) in [6.07, 6.45) is 4.66. The molecular formula is C15H24O3. The summed E-state index contributed by atoms with van der Waals surface area (Å²) in [5.41, 5.74) is 0.0203. The van der Waals surface area contributed by atoms with Crippen LogP contribution in [0.4, 0.5) is 0 Å². The molecule has 102 valence electrons. The second kappa shape index (κ2) is 10.4. The molecule has 1 heterocycles. The Labute approximate surface area is 109 Å². The summed E-state index contributed by atoms with van der Waals surface area (Å²) in [7, 11) is 0. The van der Waals surface area contributed by atoms with E-state index in [2.05, 4.69) is 6.58 Å². The lowest BCUT2D eigenvalue weighted by atomic mass is 10.2. The zero-order valence-electron chi connectivity index (χ0n) is 12.2. The first kappa shape index (κ1) is 18.6. The third-order valence-corrected chi connectivity index (χ3v) is 1.87. The SMILES string of the molecule is C=C/C=c1/c(=O)c(O)c(C)o/c1=C/C.CC.CC. The van der Waals surface area contributed by atoms with E-state index in [0.29, 0.717) is 10.6 Å². The van der Waals surface area contributed by atoms with Gasteiger partial charge in [-0.15, -0.1) is 0 Å². The summed E-state index contributed by atoms with van der Waals surface area (Å²) in [6.45, 7) is 14.8. The fourth-order valence-corrected chi connectivity index (χ4v) is 1.16. The van der Waals surface area contributed by atoms with Crippen molar-refractivity contribution in [2.45, 2.75) is 41.5 Å². The van der Waals surface area contributed by atoms with Crippen molar-refractivity contribution in [1.82, 2.24) is 0 Å². The number of allylic oxidation sites excluding steroid dienone is 1. The van der Waals surface area contributed by atoms with Gasteiger partial charge in [0.1, 0.15) is 11.2 Å². The molecule has 1 rings (SSSR count). The van der Waals surface area contributed by atoms with Crippen molar-refractivity contribution in [3.8, 4) is 5.75 Å². The highest BCUT2D eigenvalue weighted by Crippen LogP contribution is 2.03. The fraction of sp³-hybridized carbons (Fsp3) is 0.400. The van der Waals surface area contributed by atoms with Crippen LogP contribution < -0.4 is 16.1 Å². The molecule has 3 nitrogen and oxygen atoms in total. The maximum absolute atomic E-state index is 11.6. The number of hydrogen-bond donors (Lipinski definition) is 1. The average Bonchev–Trinajstić information content (AvgIpc) is 2.43. The zero-order chi connectivity index (χ0) is 14.7. The molecule has 18 heavy (non-hydrogen) atoms. The molecule has 0 bridgehead atoms. The molecule has 1 aromatic rings. The highest BCUT2D eigenvalue weighted by Gasteiger charge is 2.05. The number of rotatable bonds is 1. The van der Waals surface area contributed by atoms with Gasteiger partial charge in [0.15, 0.2) is 0 Å². The minimum absolute atomic E-state index is 0.226. The van der Waals surface area contributed by atoms with E-state index < -0.39 is 5.43 Å². The Morgan fingerprint density at radius 2 is 1.72 bits per heavy atom. The minimum Gasteiger partial charge on any atom is -0.502 e. The monoisotopic (exact) mass is 252 g/mol. The van der Waals surface area contributed by atoms with Crippen LogP contribution in [0.1, 0.15) is 40.4 Å². The van der Waals surface area contributed by atoms with Gasteiger partial charge in [-0.05, 0) is 26.0 Å². The van der Waals surface area contributed by atoms with Crippen LogP contribution in [0.5, 0.6) is 5.75 Å². The fourth-order valence-electron chi connectivity index (χ4n) is 1.16. The summed E-state index contributed by atoms with van der Waals surface area (Å²) in [6, 6.07) is 0. The summed E-state index contributed by atoms with van der Waals surface area (Å²) < 4.78 is 5.24. The first-order valence-electron chi connectivity index (χ1n) is 6.23. The van der Waals surface area contributed by atoms with Crippen molar-refractivity contribution in [3.63, 3.8) is 0 Å². The summed E-state index contributed by atoms with van der Waals surface area (Å²) in [4.78, 5) is 11.6. The Balaban J connectivity index is 0. The van der Waals surface area contributed by atoms with Gasteiger partial charge < -0.3 is 9.52 Å². The zero-order valence-corrected chi connectivity index (χ0v) is 12.2. The van der Waals surface area contributed by atoms with Crippen molar-refractivity contribution >= 4 is 12.2 Å². The lowest BCUT2D eigenvalue weighted by Gasteiger charge is -1.96. The van der Waals surface area contributed by atoms with Crippen LogP contribution in [0.2, 0.25) is 0 Å². The van der Waals surface area contributed by atoms with Crippen molar-refractivity contribution in [1.29, 1.82) is 0 Å². The minimum atomic E-state index is -0.429. The quantitative estimate of drug-likeness (QED) is 0.835. The highest BCUT2D eigenvalue weighted by atomic mass is 16.4. The number of aromatic hydroxyl groups is 1. The lowest BCUT2D eigenvalue weighted by Crippen LogP contribution is -2.38. The van der Waals surface area contributed by atoms with E-state index in [9.17, 15) is 9.90 Å². The normalized spacial score (nSPS) is 11.0. The molecule has 0 saturated heterocycles. The molecule has 0 radical (unpaired) electrons. The predicted molar refractivity (Wildman–Crippen MR) is 78.1 cm³/mol. The van der Waals surface area contributed by atoms with Crippen molar-refractivity contribution in [2.24, 2.45) is 0 Å². The van der Waals surface area contributed by atoms with Gasteiger partial charge in [0.25, 0.3) is 0 Å². The molecule has 0 amide bonds. The van der Waals surface area contributed by atoms with Crippen LogP contribution in [-0.4, -0.2) is 5.11 Å². The van der Waals surface area contributed by atoms with Crippen LogP contribution in [-0.2, 0) is 0 Å². The van der Waals surface area contributed by atoms with Gasteiger partial charge in [-0.1, -0.05) is 40.3 Å². The summed E-state index contributed by atoms with van der Waals surface area (Å²) in [5, 5.41) is 9.68. The maximum atomic E-state index is 11.6. The molecule has 0 atom stereocenters. The Hall–Kier alpha value is -1.77. The second-order valence-electron chi connectivity index (χ2n) is 2.80. The third-order valence-electron chi connectivity index (χ3n) is 1.87. The Morgan fingerprint density at radius 3 is 2.11 bits per heavy atom. The Bertz CT molecular complexity index is 522. The molecule has 1 N–H and O–H groups in total. The van der Waals surface area contributed by atoms with Crippen molar-refractivity contribution < 1.29 is 9.52 Å². The van der Waals surface area contributed by atoms with Crippen molar-refractivity contribution in [2.75, 3.05) is 0 Å². The molecule has 0 saturated carbocycles. The predicted octanol–water partition coefficient (Wildman–Crippen LogP) is 2.47. The van der Waals surface area contributed by atoms with Gasteiger partial charge in [0, 0.05) is 0 Å². The number of hydrogen-bond acceptors (Lipinski definition) is 3. The molecule has 0 aromatic carbocycles. The standard InChI is InChI=1S/C11H12O3.2C2H6/c1-4-6-8-9(5-2)14-7(3)10(12)11(8)13;2*1-2/h4-6,12H,1H2,2-3H3;2*1-2H3/b8-6+,9-5+;;. The lowest BCUT2D eigenvalue weighted by molar-refractivity contribution is 0.396. The molecule has 1 aromatic heterocycles. The van der Waals surface area contributed by atoms with E-state index in [-0.39, 0.29) is 11.5 Å². The van der Waals surface area contributed by atoms with E-state index in [1.165, 1.54) is 12.2 Å². The Morgan fingerprint density at radius 1 is 1.22 bits per heavy atom. The maximum Gasteiger partial charge on any atom is 0.234 e. The van der Waals surface area contributed by atoms with E-state index in [0.717, 1.165) is 0 Å². The third kappa shape index (κ3) is 4.62. The second-order valence-corrected chi connectivity index (χ2v) is 2.80. The van der Waals surface area contributed by atoms with E-state index in [1.54, 1.807) is 19.9 Å². The van der Waals surface area contributed by atoms with E-state index in [1.807, 2.05) is 27.7 Å².